The van der Waals surface area contributed by atoms with Gasteiger partial charge in [0.15, 0.2) is 5.96 Å². The monoisotopic (exact) mass is 537 g/mol. The van der Waals surface area contributed by atoms with Crippen LogP contribution in [0.25, 0.3) is 10.9 Å². The largest absolute Gasteiger partial charge is 0.370 e. The SMILES string of the molecule is CCN(N=C(N)N)C(=O)c1cc(NC(=O)c2cc3cc(C(=O)NC(C)N=C(N)N)ccc3[nH]2)cn1CC(C)C. The Bertz CT molecular complexity index is 1430. The molecule has 14 heteroatoms. The second-order valence-electron chi connectivity index (χ2n) is 9.35. The summed E-state index contributed by atoms with van der Waals surface area (Å²) in [5, 5.41) is 11.2. The van der Waals surface area contributed by atoms with E-state index in [0.29, 0.717) is 34.4 Å². The van der Waals surface area contributed by atoms with Crippen molar-refractivity contribution in [3.05, 3.63) is 53.5 Å². The standard InChI is InChI=1S/C25H35N11O3/c1-5-36(34-25(28)29)23(39)20-10-17(12-35(20)11-13(2)3)32-22(38)19-9-16-8-15(6-7-18(16)33-19)21(37)30-14(4)31-24(26)27/h6-10,12-14,33H,5,11H2,1-4H3,(H,30,37)(H,32,38)(H4,26,27,31)(H4,28,29,34). The van der Waals surface area contributed by atoms with Gasteiger partial charge in [-0.3, -0.25) is 14.4 Å². The number of carbonyl (C=O) groups is 3. The van der Waals surface area contributed by atoms with Crippen LogP contribution in [-0.2, 0) is 6.54 Å². The summed E-state index contributed by atoms with van der Waals surface area (Å²) >= 11 is 0. The number of guanidine groups is 2. The smallest absolute Gasteiger partial charge is 0.290 e. The molecule has 0 fully saturated rings. The maximum Gasteiger partial charge on any atom is 0.290 e. The Morgan fingerprint density at radius 2 is 1.74 bits per heavy atom. The Balaban J connectivity index is 1.83. The molecule has 1 aromatic carbocycles. The van der Waals surface area contributed by atoms with Crippen LogP contribution in [0.15, 0.2) is 46.6 Å². The molecular formula is C25H35N11O3. The number of aromatic amines is 1. The van der Waals surface area contributed by atoms with Crippen molar-refractivity contribution < 1.29 is 14.4 Å². The molecule has 0 aliphatic carbocycles. The van der Waals surface area contributed by atoms with Gasteiger partial charge in [-0.05, 0) is 50.1 Å². The Morgan fingerprint density at radius 1 is 1.03 bits per heavy atom. The number of benzene rings is 1. The lowest BCUT2D eigenvalue weighted by molar-refractivity contribution is 0.0756. The van der Waals surface area contributed by atoms with Crippen molar-refractivity contribution in [1.82, 2.24) is 19.9 Å². The first kappa shape index (κ1) is 28.6. The van der Waals surface area contributed by atoms with Gasteiger partial charge in [-0.2, -0.15) is 0 Å². The van der Waals surface area contributed by atoms with Crippen LogP contribution >= 0.6 is 0 Å². The van der Waals surface area contributed by atoms with Crippen molar-refractivity contribution in [2.75, 3.05) is 11.9 Å². The average molecular weight is 538 g/mol. The number of aromatic nitrogens is 2. The number of aliphatic imine (C=N–C) groups is 1. The fraction of sp³-hybridized carbons (Fsp3) is 0.320. The number of fused-ring (bicyclic) bond motifs is 1. The zero-order chi connectivity index (χ0) is 28.9. The lowest BCUT2D eigenvalue weighted by Crippen LogP contribution is -2.35. The van der Waals surface area contributed by atoms with Crippen molar-refractivity contribution in [3.63, 3.8) is 0 Å². The summed E-state index contributed by atoms with van der Waals surface area (Å²) < 4.78 is 1.76. The van der Waals surface area contributed by atoms with Crippen LogP contribution < -0.4 is 33.6 Å². The molecule has 0 aliphatic rings. The molecule has 3 aromatic rings. The fourth-order valence-electron chi connectivity index (χ4n) is 3.96. The predicted octanol–water partition coefficient (Wildman–Crippen LogP) is 0.877. The quantitative estimate of drug-likeness (QED) is 0.112. The topological polar surface area (TPSA) is 228 Å². The van der Waals surface area contributed by atoms with E-state index in [1.807, 2.05) is 13.8 Å². The summed E-state index contributed by atoms with van der Waals surface area (Å²) in [7, 11) is 0. The summed E-state index contributed by atoms with van der Waals surface area (Å²) in [6.07, 6.45) is 1.09. The Morgan fingerprint density at radius 3 is 2.36 bits per heavy atom. The second kappa shape index (κ2) is 12.0. The van der Waals surface area contributed by atoms with E-state index in [2.05, 4.69) is 25.7 Å². The third kappa shape index (κ3) is 7.28. The number of amides is 3. The number of nitrogens with zero attached hydrogens (tertiary/aromatic N) is 4. The van der Waals surface area contributed by atoms with Gasteiger partial charge in [0.05, 0.1) is 5.69 Å². The lowest BCUT2D eigenvalue weighted by Gasteiger charge is -2.17. The normalized spacial score (nSPS) is 11.6. The van der Waals surface area contributed by atoms with Crippen LogP contribution in [0.5, 0.6) is 0 Å². The number of rotatable bonds is 10. The molecule has 0 saturated carbocycles. The Kier molecular flexibility index (Phi) is 8.80. The van der Waals surface area contributed by atoms with Crippen molar-refractivity contribution >= 4 is 46.2 Å². The van der Waals surface area contributed by atoms with Gasteiger partial charge < -0.3 is 43.1 Å². The molecule has 0 bridgehead atoms. The minimum absolute atomic E-state index is 0.132. The number of hydrogen-bond donors (Lipinski definition) is 7. The summed E-state index contributed by atoms with van der Waals surface area (Å²) in [4.78, 5) is 45.7. The number of hydrogen-bond acceptors (Lipinski definition) is 5. The molecule has 14 nitrogen and oxygen atoms in total. The van der Waals surface area contributed by atoms with Crippen LogP contribution in [-0.4, -0.2) is 56.9 Å². The van der Waals surface area contributed by atoms with Crippen LogP contribution in [0.3, 0.4) is 0 Å². The summed E-state index contributed by atoms with van der Waals surface area (Å²) in [6, 6.07) is 8.19. The van der Waals surface area contributed by atoms with Crippen molar-refractivity contribution in [3.8, 4) is 0 Å². The Labute approximate surface area is 225 Å². The van der Waals surface area contributed by atoms with Gasteiger partial charge in [-0.25, -0.2) is 10.0 Å². The highest BCUT2D eigenvalue weighted by molar-refractivity contribution is 6.07. The molecule has 1 unspecified atom stereocenters. The van der Waals surface area contributed by atoms with Crippen molar-refractivity contribution in [2.24, 2.45) is 38.9 Å². The van der Waals surface area contributed by atoms with E-state index < -0.39 is 18.0 Å². The molecule has 3 amide bonds. The third-order valence-corrected chi connectivity index (χ3v) is 5.52. The first-order chi connectivity index (χ1) is 18.4. The molecular weight excluding hydrogens is 502 g/mol. The Hall–Kier alpha value is -5.01. The van der Waals surface area contributed by atoms with E-state index in [-0.39, 0.29) is 36.0 Å². The van der Waals surface area contributed by atoms with E-state index >= 15 is 0 Å². The predicted molar refractivity (Wildman–Crippen MR) is 151 cm³/mol. The van der Waals surface area contributed by atoms with Gasteiger partial charge in [-0.15, -0.1) is 5.10 Å². The number of nitrogens with two attached hydrogens (primary N) is 4. The minimum atomic E-state index is -0.602. The number of H-pyrrole nitrogens is 1. The highest BCUT2D eigenvalue weighted by Gasteiger charge is 2.21. The fourth-order valence-corrected chi connectivity index (χ4v) is 3.96. The number of carbonyl (C=O) groups excluding carboxylic acids is 3. The number of hydrazone groups is 1. The van der Waals surface area contributed by atoms with Gasteiger partial charge in [0, 0.05) is 35.8 Å². The van der Waals surface area contributed by atoms with Crippen LogP contribution in [0.1, 0.15) is 59.0 Å². The van der Waals surface area contributed by atoms with E-state index in [9.17, 15) is 14.4 Å². The van der Waals surface area contributed by atoms with Gasteiger partial charge in [0.2, 0.25) is 5.96 Å². The van der Waals surface area contributed by atoms with E-state index in [1.165, 1.54) is 0 Å². The van der Waals surface area contributed by atoms with E-state index in [1.54, 1.807) is 54.9 Å². The molecule has 0 radical (unpaired) electrons. The molecule has 1 atom stereocenters. The highest BCUT2D eigenvalue weighted by Crippen LogP contribution is 2.21. The molecule has 2 aromatic heterocycles. The van der Waals surface area contributed by atoms with Crippen molar-refractivity contribution in [1.29, 1.82) is 0 Å². The van der Waals surface area contributed by atoms with Gasteiger partial charge in [0.1, 0.15) is 17.6 Å². The number of anilines is 1. The van der Waals surface area contributed by atoms with Crippen LogP contribution in [0.2, 0.25) is 0 Å². The van der Waals surface area contributed by atoms with Crippen molar-refractivity contribution in [2.45, 2.75) is 40.4 Å². The highest BCUT2D eigenvalue weighted by atomic mass is 16.2. The zero-order valence-electron chi connectivity index (χ0n) is 22.4. The zero-order valence-corrected chi connectivity index (χ0v) is 22.4. The molecule has 3 rings (SSSR count). The maximum absolute atomic E-state index is 13.1. The summed E-state index contributed by atoms with van der Waals surface area (Å²) in [6.45, 7) is 8.21. The molecule has 11 N–H and O–H groups in total. The van der Waals surface area contributed by atoms with E-state index in [4.69, 9.17) is 22.9 Å². The third-order valence-electron chi connectivity index (χ3n) is 5.52. The maximum atomic E-state index is 13.1. The van der Waals surface area contributed by atoms with Gasteiger partial charge in [-0.1, -0.05) is 13.8 Å². The first-order valence-corrected chi connectivity index (χ1v) is 12.3. The van der Waals surface area contributed by atoms with Crippen LogP contribution in [0, 0.1) is 5.92 Å². The molecule has 39 heavy (non-hydrogen) atoms. The molecule has 0 aliphatic heterocycles. The minimum Gasteiger partial charge on any atom is -0.370 e. The lowest BCUT2D eigenvalue weighted by atomic mass is 10.1. The molecule has 0 spiro atoms. The van der Waals surface area contributed by atoms with E-state index in [0.717, 1.165) is 5.01 Å². The van der Waals surface area contributed by atoms with Crippen LogP contribution in [0.4, 0.5) is 5.69 Å². The second-order valence-corrected chi connectivity index (χ2v) is 9.35. The van der Waals surface area contributed by atoms with Gasteiger partial charge in [0.25, 0.3) is 17.7 Å². The number of nitrogens with one attached hydrogen (secondary N) is 3. The van der Waals surface area contributed by atoms with Gasteiger partial charge >= 0.3 is 0 Å². The molecule has 0 saturated heterocycles. The average Bonchev–Trinajstić information content (AvgIpc) is 3.44. The first-order valence-electron chi connectivity index (χ1n) is 12.3. The molecule has 2 heterocycles. The molecule has 208 valence electrons. The summed E-state index contributed by atoms with van der Waals surface area (Å²) in [5.74, 6) is -1.33. The summed E-state index contributed by atoms with van der Waals surface area (Å²) in [5.41, 5.74) is 23.7.